The quantitative estimate of drug-likeness (QED) is 0.870. The number of carbonyl (C=O) groups excluding carboxylic acids is 1. The molecule has 0 bridgehead atoms. The van der Waals surface area contributed by atoms with E-state index in [4.69, 9.17) is 4.74 Å². The molecule has 0 N–H and O–H groups in total. The van der Waals surface area contributed by atoms with Crippen molar-refractivity contribution in [1.82, 2.24) is 9.88 Å². The zero-order chi connectivity index (χ0) is 16.4. The second-order valence-corrected chi connectivity index (χ2v) is 6.60. The Morgan fingerprint density at radius 1 is 1.29 bits per heavy atom. The maximum Gasteiger partial charge on any atom is 0.227 e. The van der Waals surface area contributed by atoms with Gasteiger partial charge in [-0.3, -0.25) is 9.78 Å². The number of hydrogen-bond donors (Lipinski definition) is 0. The van der Waals surface area contributed by atoms with Gasteiger partial charge in [-0.25, -0.2) is 0 Å². The molecule has 1 aromatic heterocycles. The molecule has 0 aliphatic carbocycles. The second kappa shape index (κ2) is 6.63. The van der Waals surface area contributed by atoms with Crippen LogP contribution in [0.4, 0.5) is 0 Å². The number of piperidine rings is 1. The molecule has 24 heavy (non-hydrogen) atoms. The molecule has 1 fully saturated rings. The van der Waals surface area contributed by atoms with Crippen LogP contribution in [0.1, 0.15) is 42.0 Å². The molecule has 2 aliphatic rings. The minimum Gasteiger partial charge on any atom is -0.493 e. The van der Waals surface area contributed by atoms with Gasteiger partial charge in [0.1, 0.15) is 5.75 Å². The van der Waals surface area contributed by atoms with E-state index in [2.05, 4.69) is 17.1 Å². The summed E-state index contributed by atoms with van der Waals surface area (Å²) >= 11 is 0. The molecule has 124 valence electrons. The lowest BCUT2D eigenvalue weighted by molar-refractivity contribution is -0.134. The van der Waals surface area contributed by atoms with Gasteiger partial charge in [0.25, 0.3) is 0 Å². The number of fused-ring (bicyclic) bond motifs is 1. The zero-order valence-electron chi connectivity index (χ0n) is 13.8. The molecule has 0 spiro atoms. The van der Waals surface area contributed by atoms with Crippen molar-refractivity contribution >= 4 is 5.91 Å². The SMILES string of the molecule is O=C(Cc1ccc2c(c1)CCO2)N1CCCC[C@@H]1c1cccnc1. The van der Waals surface area contributed by atoms with Gasteiger partial charge in [-0.05, 0) is 48.1 Å². The standard InChI is InChI=1S/C20H22N2O2/c23-20(13-15-6-7-19-16(12-15)8-11-24-19)22-10-2-1-5-18(22)17-4-3-9-21-14-17/h3-4,6-7,9,12,14,18H,1-2,5,8,10-11,13H2/t18-/m1/s1. The van der Waals surface area contributed by atoms with E-state index in [9.17, 15) is 4.79 Å². The normalized spacial score (nSPS) is 19.7. The summed E-state index contributed by atoms with van der Waals surface area (Å²) in [7, 11) is 0. The topological polar surface area (TPSA) is 42.4 Å². The van der Waals surface area contributed by atoms with E-state index in [0.717, 1.165) is 49.3 Å². The minimum absolute atomic E-state index is 0.165. The van der Waals surface area contributed by atoms with E-state index in [1.165, 1.54) is 12.0 Å². The summed E-state index contributed by atoms with van der Waals surface area (Å²) in [4.78, 5) is 19.2. The van der Waals surface area contributed by atoms with Gasteiger partial charge in [-0.15, -0.1) is 0 Å². The van der Waals surface area contributed by atoms with E-state index in [0.29, 0.717) is 6.42 Å². The highest BCUT2D eigenvalue weighted by molar-refractivity contribution is 5.79. The largest absolute Gasteiger partial charge is 0.493 e. The molecule has 4 heteroatoms. The second-order valence-electron chi connectivity index (χ2n) is 6.60. The fraction of sp³-hybridized carbons (Fsp3) is 0.400. The average Bonchev–Trinajstić information content (AvgIpc) is 3.10. The summed E-state index contributed by atoms with van der Waals surface area (Å²) in [5.41, 5.74) is 3.45. The van der Waals surface area contributed by atoms with Crippen LogP contribution in [0.3, 0.4) is 0 Å². The van der Waals surface area contributed by atoms with Gasteiger partial charge < -0.3 is 9.64 Å². The first-order valence-corrected chi connectivity index (χ1v) is 8.75. The van der Waals surface area contributed by atoms with E-state index in [1.807, 2.05) is 29.3 Å². The Labute approximate surface area is 142 Å². The highest BCUT2D eigenvalue weighted by Gasteiger charge is 2.28. The fourth-order valence-electron chi connectivity index (χ4n) is 3.78. The number of hydrogen-bond acceptors (Lipinski definition) is 3. The van der Waals surface area contributed by atoms with Gasteiger partial charge >= 0.3 is 0 Å². The van der Waals surface area contributed by atoms with E-state index in [1.54, 1.807) is 6.20 Å². The van der Waals surface area contributed by atoms with Crippen molar-refractivity contribution in [3.8, 4) is 5.75 Å². The molecule has 0 saturated carbocycles. The van der Waals surface area contributed by atoms with Crippen molar-refractivity contribution in [3.05, 3.63) is 59.4 Å². The van der Waals surface area contributed by atoms with E-state index >= 15 is 0 Å². The smallest absolute Gasteiger partial charge is 0.227 e. The zero-order valence-corrected chi connectivity index (χ0v) is 13.8. The minimum atomic E-state index is 0.165. The van der Waals surface area contributed by atoms with Crippen LogP contribution in [0.5, 0.6) is 5.75 Å². The predicted molar refractivity (Wildman–Crippen MR) is 91.9 cm³/mol. The van der Waals surface area contributed by atoms with E-state index < -0.39 is 0 Å². The Bertz CT molecular complexity index is 730. The summed E-state index contributed by atoms with van der Waals surface area (Å²) in [5.74, 6) is 1.18. The highest BCUT2D eigenvalue weighted by Crippen LogP contribution is 2.31. The molecule has 1 amide bonds. The number of aromatic nitrogens is 1. The highest BCUT2D eigenvalue weighted by atomic mass is 16.5. The summed E-state index contributed by atoms with van der Waals surface area (Å²) in [6.07, 6.45) is 8.35. The average molecular weight is 322 g/mol. The molecule has 2 aromatic rings. The monoisotopic (exact) mass is 322 g/mol. The Morgan fingerprint density at radius 2 is 2.25 bits per heavy atom. The van der Waals surface area contributed by atoms with Crippen LogP contribution in [0, 0.1) is 0 Å². The van der Waals surface area contributed by atoms with Crippen molar-refractivity contribution < 1.29 is 9.53 Å². The third kappa shape index (κ3) is 3.01. The van der Waals surface area contributed by atoms with Crippen LogP contribution in [0.25, 0.3) is 0 Å². The number of rotatable bonds is 3. The molecule has 4 nitrogen and oxygen atoms in total. The van der Waals surface area contributed by atoms with Crippen LogP contribution in [0.2, 0.25) is 0 Å². The van der Waals surface area contributed by atoms with Crippen molar-refractivity contribution in [2.75, 3.05) is 13.2 Å². The number of ether oxygens (including phenoxy) is 1. The molecular formula is C20H22N2O2. The third-order valence-corrected chi connectivity index (χ3v) is 5.00. The Hall–Kier alpha value is -2.36. The number of likely N-dealkylation sites (tertiary alicyclic amines) is 1. The molecule has 4 rings (SSSR count). The molecule has 1 atom stereocenters. The van der Waals surface area contributed by atoms with Crippen LogP contribution < -0.4 is 4.74 Å². The van der Waals surface area contributed by atoms with Gasteiger partial charge in [0.05, 0.1) is 19.1 Å². The predicted octanol–water partition coefficient (Wildman–Crippen LogP) is 3.31. The first-order valence-electron chi connectivity index (χ1n) is 8.75. The van der Waals surface area contributed by atoms with E-state index in [-0.39, 0.29) is 11.9 Å². The summed E-state index contributed by atoms with van der Waals surface area (Å²) < 4.78 is 5.55. The first-order chi connectivity index (χ1) is 11.8. The molecule has 1 saturated heterocycles. The number of nitrogens with zero attached hydrogens (tertiary/aromatic N) is 2. The lowest BCUT2D eigenvalue weighted by Gasteiger charge is -2.36. The van der Waals surface area contributed by atoms with Gasteiger partial charge in [-0.1, -0.05) is 18.2 Å². The number of amides is 1. The Morgan fingerprint density at radius 3 is 3.12 bits per heavy atom. The Balaban J connectivity index is 1.51. The van der Waals surface area contributed by atoms with Gasteiger partial charge in [0.2, 0.25) is 5.91 Å². The maximum atomic E-state index is 12.9. The summed E-state index contributed by atoms with van der Waals surface area (Å²) in [6.45, 7) is 1.59. The molecular weight excluding hydrogens is 300 g/mol. The van der Waals surface area contributed by atoms with Gasteiger partial charge in [0, 0.05) is 25.4 Å². The maximum absolute atomic E-state index is 12.9. The van der Waals surface area contributed by atoms with Gasteiger partial charge in [0.15, 0.2) is 0 Å². The summed E-state index contributed by atoms with van der Waals surface area (Å²) in [5, 5.41) is 0. The van der Waals surface area contributed by atoms with Crippen LogP contribution in [-0.2, 0) is 17.6 Å². The van der Waals surface area contributed by atoms with Gasteiger partial charge in [-0.2, -0.15) is 0 Å². The van der Waals surface area contributed by atoms with Crippen LogP contribution >= 0.6 is 0 Å². The number of benzene rings is 1. The van der Waals surface area contributed by atoms with Crippen molar-refractivity contribution in [1.29, 1.82) is 0 Å². The lowest BCUT2D eigenvalue weighted by atomic mass is 9.95. The van der Waals surface area contributed by atoms with Crippen molar-refractivity contribution in [2.45, 2.75) is 38.1 Å². The fourth-order valence-corrected chi connectivity index (χ4v) is 3.78. The molecule has 1 aromatic carbocycles. The van der Waals surface area contributed by atoms with Crippen molar-refractivity contribution in [2.24, 2.45) is 0 Å². The van der Waals surface area contributed by atoms with Crippen LogP contribution in [0.15, 0.2) is 42.7 Å². The Kier molecular flexibility index (Phi) is 4.20. The molecule has 2 aliphatic heterocycles. The lowest BCUT2D eigenvalue weighted by Crippen LogP contribution is -2.39. The molecule has 0 unspecified atom stereocenters. The number of carbonyl (C=O) groups is 1. The third-order valence-electron chi connectivity index (χ3n) is 5.00. The first kappa shape index (κ1) is 15.2. The van der Waals surface area contributed by atoms with Crippen molar-refractivity contribution in [3.63, 3.8) is 0 Å². The summed E-state index contributed by atoms with van der Waals surface area (Å²) in [6, 6.07) is 10.3. The molecule has 0 radical (unpaired) electrons. The van der Waals surface area contributed by atoms with Crippen LogP contribution in [-0.4, -0.2) is 28.9 Å². The molecule has 3 heterocycles. The number of pyridine rings is 1.